The molecule has 0 atom stereocenters. The first-order valence-electron chi connectivity index (χ1n) is 11.7. The van der Waals surface area contributed by atoms with Gasteiger partial charge in [-0.25, -0.2) is 9.97 Å². The number of rotatable bonds is 2. The maximum Gasteiger partial charge on any atom is 0.380 e. The van der Waals surface area contributed by atoms with Gasteiger partial charge in [-0.05, 0) is 57.8 Å². The molecule has 0 amide bonds. The third-order valence-electron chi connectivity index (χ3n) is 7.03. The molecule has 0 N–H and O–H groups in total. The molecule has 0 spiro atoms. The Kier molecular flexibility index (Phi) is 5.73. The van der Waals surface area contributed by atoms with Gasteiger partial charge in [-0.1, -0.05) is 59.7 Å². The molecule has 2 nitrogen and oxygen atoms in total. The fourth-order valence-corrected chi connectivity index (χ4v) is 6.07. The number of aryl methyl sites for hydroxylation is 2. The van der Waals surface area contributed by atoms with E-state index in [4.69, 9.17) is 0 Å². The van der Waals surface area contributed by atoms with Crippen molar-refractivity contribution in [2.24, 2.45) is 0 Å². The van der Waals surface area contributed by atoms with Gasteiger partial charge in [-0.3, -0.25) is 0 Å². The van der Waals surface area contributed by atoms with E-state index in [1.165, 1.54) is 0 Å². The summed E-state index contributed by atoms with van der Waals surface area (Å²) in [6.45, 7) is 3.78. The lowest BCUT2D eigenvalue weighted by Crippen LogP contribution is -2.43. The summed E-state index contributed by atoms with van der Waals surface area (Å²) in [6, 6.07) is 16.7. The molecular weight excluding hydrogens is 650 g/mol. The highest BCUT2D eigenvalue weighted by Gasteiger charge is 2.80. The monoisotopic (exact) mass is 664 g/mol. The van der Waals surface area contributed by atoms with Crippen molar-refractivity contribution in [2.75, 3.05) is 0 Å². The highest BCUT2D eigenvalue weighted by Crippen LogP contribution is 2.66. The van der Waals surface area contributed by atoms with Gasteiger partial charge in [0.1, 0.15) is 0 Å². The minimum absolute atomic E-state index is 0.184. The second kappa shape index (κ2) is 8.51. The van der Waals surface area contributed by atoms with Crippen LogP contribution in [0.15, 0.2) is 69.6 Å². The summed E-state index contributed by atoms with van der Waals surface area (Å²) in [5.41, 5.74) is 0.557. The Balaban J connectivity index is 1.80. The number of halogens is 8. The molecule has 0 radical (unpaired) electrons. The molecule has 1 aliphatic carbocycles. The van der Waals surface area contributed by atoms with E-state index in [0.29, 0.717) is 22.5 Å². The topological polar surface area (TPSA) is 25.8 Å². The lowest BCUT2D eigenvalue weighted by atomic mass is 9.95. The number of benzene rings is 3. The predicted molar refractivity (Wildman–Crippen MR) is 146 cm³/mol. The zero-order chi connectivity index (χ0) is 28.1. The van der Waals surface area contributed by atoms with E-state index in [1.807, 2.05) is 38.1 Å². The Morgan fingerprint density at radius 1 is 0.564 bits per heavy atom. The highest BCUT2D eigenvalue weighted by atomic mass is 79.9. The van der Waals surface area contributed by atoms with Crippen molar-refractivity contribution in [1.29, 1.82) is 0 Å². The minimum Gasteiger partial charge on any atom is -0.244 e. The second-order valence-electron chi connectivity index (χ2n) is 9.64. The van der Waals surface area contributed by atoms with Gasteiger partial charge in [0.25, 0.3) is 0 Å². The molecule has 2 heterocycles. The van der Waals surface area contributed by atoms with Crippen LogP contribution < -0.4 is 0 Å². The van der Waals surface area contributed by atoms with Crippen molar-refractivity contribution in [3.63, 3.8) is 0 Å². The number of nitrogens with zero attached hydrogens (tertiary/aromatic N) is 2. The molecule has 2 aromatic heterocycles. The average molecular weight is 666 g/mol. The molecule has 0 saturated carbocycles. The molecule has 1 aliphatic rings. The van der Waals surface area contributed by atoms with Crippen LogP contribution in [0.1, 0.15) is 22.3 Å². The number of aromatic nitrogens is 2. The third-order valence-corrected chi connectivity index (χ3v) is 8.24. The maximum atomic E-state index is 15.2. The fourth-order valence-electron chi connectivity index (χ4n) is 4.98. The van der Waals surface area contributed by atoms with Crippen LogP contribution in [0.25, 0.3) is 44.3 Å². The lowest BCUT2D eigenvalue weighted by molar-refractivity contribution is -0.301. The van der Waals surface area contributed by atoms with Crippen molar-refractivity contribution in [3.05, 3.63) is 91.9 Å². The number of alkyl halides is 6. The first-order chi connectivity index (χ1) is 18.3. The van der Waals surface area contributed by atoms with E-state index in [0.717, 1.165) is 23.3 Å². The summed E-state index contributed by atoms with van der Waals surface area (Å²) in [6.07, 6.45) is 0. The Hall–Kier alpha value is -2.98. The van der Waals surface area contributed by atoms with Gasteiger partial charge in [0, 0.05) is 42.0 Å². The quantitative estimate of drug-likeness (QED) is 0.139. The van der Waals surface area contributed by atoms with Crippen LogP contribution in [0.3, 0.4) is 0 Å². The standard InChI is InChI=1S/C29H16Br2F6N2/c1-13-3-7-15(8-4-13)23-19(30)11-17-21-22(28(34,35)29(36,37)27(21,32)33)18-12-20(31)24(39-26(18)25(17)38-23)16-9-5-14(2)6-10-16/h3-12H,1-2H3. The second-order valence-corrected chi connectivity index (χ2v) is 11.3. The van der Waals surface area contributed by atoms with Gasteiger partial charge >= 0.3 is 17.8 Å². The molecule has 5 aromatic rings. The number of pyridine rings is 2. The molecule has 0 fully saturated rings. The molecule has 6 rings (SSSR count). The summed E-state index contributed by atoms with van der Waals surface area (Å²) in [5.74, 6) is -16.0. The zero-order valence-corrected chi connectivity index (χ0v) is 23.4. The predicted octanol–water partition coefficient (Wildman–Crippen LogP) is 10.1. The van der Waals surface area contributed by atoms with E-state index in [9.17, 15) is 8.78 Å². The molecule has 0 aliphatic heterocycles. The average Bonchev–Trinajstić information content (AvgIpc) is 2.98. The Morgan fingerprint density at radius 2 is 0.897 bits per heavy atom. The maximum absolute atomic E-state index is 15.2. The largest absolute Gasteiger partial charge is 0.380 e. The lowest BCUT2D eigenvalue weighted by Gasteiger charge is -2.23. The first-order valence-corrected chi connectivity index (χ1v) is 13.3. The van der Waals surface area contributed by atoms with E-state index in [1.54, 1.807) is 24.3 Å². The van der Waals surface area contributed by atoms with Crippen LogP contribution >= 0.6 is 31.9 Å². The molecule has 0 bridgehead atoms. The number of fused-ring (bicyclic) bond motifs is 6. The third kappa shape index (κ3) is 3.60. The summed E-state index contributed by atoms with van der Waals surface area (Å²) in [7, 11) is 0. The Bertz CT molecular complexity index is 1690. The van der Waals surface area contributed by atoms with E-state index in [2.05, 4.69) is 41.8 Å². The van der Waals surface area contributed by atoms with Gasteiger partial charge in [-0.2, -0.15) is 26.3 Å². The highest BCUT2D eigenvalue weighted by molar-refractivity contribution is 9.11. The molecule has 39 heavy (non-hydrogen) atoms. The van der Waals surface area contributed by atoms with Gasteiger partial charge < -0.3 is 0 Å². The van der Waals surface area contributed by atoms with Crippen LogP contribution in [0.2, 0.25) is 0 Å². The van der Waals surface area contributed by atoms with Gasteiger partial charge in [0.05, 0.1) is 22.4 Å². The number of hydrogen-bond donors (Lipinski definition) is 0. The van der Waals surface area contributed by atoms with Crippen molar-refractivity contribution in [3.8, 4) is 22.5 Å². The van der Waals surface area contributed by atoms with Gasteiger partial charge in [-0.15, -0.1) is 0 Å². The van der Waals surface area contributed by atoms with Crippen LogP contribution in [0, 0.1) is 13.8 Å². The van der Waals surface area contributed by atoms with Crippen molar-refractivity contribution < 1.29 is 26.3 Å². The van der Waals surface area contributed by atoms with E-state index < -0.39 is 39.7 Å². The Labute approximate surface area is 235 Å². The molecule has 3 aromatic carbocycles. The first kappa shape index (κ1) is 26.3. The van der Waals surface area contributed by atoms with Crippen molar-refractivity contribution in [2.45, 2.75) is 31.6 Å². The zero-order valence-electron chi connectivity index (χ0n) is 20.2. The van der Waals surface area contributed by atoms with Crippen LogP contribution in [0.5, 0.6) is 0 Å². The van der Waals surface area contributed by atoms with Gasteiger partial charge in [0.15, 0.2) is 0 Å². The van der Waals surface area contributed by atoms with Crippen molar-refractivity contribution in [1.82, 2.24) is 9.97 Å². The minimum atomic E-state index is -5.66. The van der Waals surface area contributed by atoms with Gasteiger partial charge in [0.2, 0.25) is 0 Å². The summed E-state index contributed by atoms with van der Waals surface area (Å²) in [5, 5.41) is -1.04. The molecule has 198 valence electrons. The van der Waals surface area contributed by atoms with E-state index in [-0.39, 0.29) is 20.0 Å². The summed E-state index contributed by atoms with van der Waals surface area (Å²) >= 11 is 6.60. The van der Waals surface area contributed by atoms with Crippen molar-refractivity contribution >= 4 is 53.7 Å². The smallest absolute Gasteiger partial charge is 0.244 e. The van der Waals surface area contributed by atoms with Crippen LogP contribution in [-0.2, 0) is 11.8 Å². The van der Waals surface area contributed by atoms with Crippen LogP contribution in [-0.4, -0.2) is 15.9 Å². The fraction of sp³-hybridized carbons (Fsp3) is 0.172. The molecule has 10 heteroatoms. The summed E-state index contributed by atoms with van der Waals surface area (Å²) < 4.78 is 90.9. The molecular formula is C29H16Br2F6N2. The molecule has 0 unspecified atom stereocenters. The normalized spacial score (nSPS) is 17.1. The SMILES string of the molecule is Cc1ccc(-c2nc3c(cc2Br)c2c(c4cc(Br)c(-c5ccc(C)cc5)nc43)C(F)(F)C(F)(F)C2(F)F)cc1. The van der Waals surface area contributed by atoms with Crippen LogP contribution in [0.4, 0.5) is 26.3 Å². The summed E-state index contributed by atoms with van der Waals surface area (Å²) in [4.78, 5) is 9.14. The number of hydrogen-bond acceptors (Lipinski definition) is 2. The molecule has 0 saturated heterocycles. The van der Waals surface area contributed by atoms with E-state index >= 15 is 17.6 Å². The Morgan fingerprint density at radius 3 is 1.23 bits per heavy atom.